The maximum Gasteiger partial charge on any atom is 0.191 e. The van der Waals surface area contributed by atoms with Crippen molar-refractivity contribution in [2.75, 3.05) is 26.8 Å². The first-order valence-electron chi connectivity index (χ1n) is 8.02. The Morgan fingerprint density at radius 1 is 1.40 bits per heavy atom. The van der Waals surface area contributed by atoms with Gasteiger partial charge >= 0.3 is 0 Å². The Hall–Kier alpha value is -0.770. The topological polar surface area (TPSA) is 50.8 Å². The molecule has 1 aliphatic heterocycles. The Morgan fingerprint density at radius 3 is 2.60 bits per heavy atom. The van der Waals surface area contributed by atoms with E-state index in [9.17, 15) is 0 Å². The molecule has 4 nitrogen and oxygen atoms in total. The molecule has 0 aromatic heterocycles. The summed E-state index contributed by atoms with van der Waals surface area (Å²) in [5, 5.41) is 0. The van der Waals surface area contributed by atoms with Crippen molar-refractivity contribution in [3.8, 4) is 0 Å². The lowest BCUT2D eigenvalue weighted by Gasteiger charge is -2.47. The van der Waals surface area contributed by atoms with Gasteiger partial charge in [-0.2, -0.15) is 0 Å². The minimum Gasteiger partial charge on any atom is -0.383 e. The van der Waals surface area contributed by atoms with Crippen LogP contribution >= 0.6 is 0 Å². The van der Waals surface area contributed by atoms with Gasteiger partial charge in [0, 0.05) is 13.7 Å². The third kappa shape index (κ3) is 2.80. The number of aliphatic imine (C=N–C) groups is 1. The van der Waals surface area contributed by atoms with E-state index >= 15 is 0 Å². The zero-order chi connectivity index (χ0) is 14.8. The van der Waals surface area contributed by atoms with Gasteiger partial charge in [-0.05, 0) is 37.0 Å². The van der Waals surface area contributed by atoms with Gasteiger partial charge in [0.25, 0.3) is 0 Å². The number of nitrogens with two attached hydrogens (primary N) is 1. The summed E-state index contributed by atoms with van der Waals surface area (Å²) in [6, 6.07) is 0. The van der Waals surface area contributed by atoms with Gasteiger partial charge in [-0.25, -0.2) is 0 Å². The molecule has 2 N–H and O–H groups in total. The highest BCUT2D eigenvalue weighted by Gasteiger charge is 2.46. The second-order valence-corrected chi connectivity index (χ2v) is 7.16. The molecular formula is C16H31N3O. The van der Waals surface area contributed by atoms with Gasteiger partial charge in [0.15, 0.2) is 5.96 Å². The maximum absolute atomic E-state index is 6.09. The van der Waals surface area contributed by atoms with Gasteiger partial charge in [0.2, 0.25) is 0 Å². The second-order valence-electron chi connectivity index (χ2n) is 7.16. The van der Waals surface area contributed by atoms with Crippen molar-refractivity contribution < 1.29 is 4.74 Å². The Kier molecular flexibility index (Phi) is 4.62. The minimum absolute atomic E-state index is 0.183. The van der Waals surface area contributed by atoms with E-state index in [-0.39, 0.29) is 5.54 Å². The fourth-order valence-electron chi connectivity index (χ4n) is 3.83. The third-order valence-electron chi connectivity index (χ3n) is 5.84. The average molecular weight is 281 g/mol. The number of hydrogen-bond acceptors (Lipinski definition) is 4. The average Bonchev–Trinajstić information content (AvgIpc) is 2.74. The first kappa shape index (κ1) is 15.6. The van der Waals surface area contributed by atoms with Crippen molar-refractivity contribution in [2.24, 2.45) is 22.1 Å². The molecule has 4 heteroatoms. The van der Waals surface area contributed by atoms with Gasteiger partial charge in [-0.15, -0.1) is 0 Å². The summed E-state index contributed by atoms with van der Waals surface area (Å²) in [6.07, 6.45) is 6.29. The molecular weight excluding hydrogens is 250 g/mol. The smallest absolute Gasteiger partial charge is 0.191 e. The molecule has 116 valence electrons. The SMILES string of the molecule is CCC(C)(C)C1CCC2(CC1)CN=C(N)N2CCOC. The monoisotopic (exact) mass is 281 g/mol. The van der Waals surface area contributed by atoms with E-state index in [2.05, 4.69) is 30.7 Å². The van der Waals surface area contributed by atoms with Crippen LogP contribution in [0.25, 0.3) is 0 Å². The van der Waals surface area contributed by atoms with Gasteiger partial charge in [0.1, 0.15) is 0 Å². The molecule has 0 saturated heterocycles. The van der Waals surface area contributed by atoms with E-state index in [0.717, 1.165) is 31.6 Å². The highest BCUT2D eigenvalue weighted by atomic mass is 16.5. The molecule has 1 fully saturated rings. The van der Waals surface area contributed by atoms with Crippen LogP contribution in [-0.2, 0) is 4.74 Å². The molecule has 0 atom stereocenters. The first-order valence-corrected chi connectivity index (χ1v) is 8.02. The Morgan fingerprint density at radius 2 is 2.05 bits per heavy atom. The minimum atomic E-state index is 0.183. The quantitative estimate of drug-likeness (QED) is 0.843. The fourth-order valence-corrected chi connectivity index (χ4v) is 3.83. The van der Waals surface area contributed by atoms with E-state index in [1.54, 1.807) is 7.11 Å². The Balaban J connectivity index is 2.01. The lowest BCUT2D eigenvalue weighted by Crippen LogP contribution is -2.55. The van der Waals surface area contributed by atoms with E-state index in [0.29, 0.717) is 5.41 Å². The van der Waals surface area contributed by atoms with Crippen LogP contribution in [0, 0.1) is 11.3 Å². The highest BCUT2D eigenvalue weighted by Crippen LogP contribution is 2.46. The van der Waals surface area contributed by atoms with Crippen molar-refractivity contribution in [2.45, 2.75) is 58.4 Å². The molecule has 0 bridgehead atoms. The van der Waals surface area contributed by atoms with E-state index in [4.69, 9.17) is 10.5 Å². The standard InChI is InChI=1S/C16H31N3O/c1-5-15(2,3)13-6-8-16(9-7-13)12-18-14(17)19(16)10-11-20-4/h13H,5-12H2,1-4H3,(H2,17,18). The van der Waals surface area contributed by atoms with Crippen LogP contribution in [0.3, 0.4) is 0 Å². The molecule has 2 aliphatic rings. The zero-order valence-electron chi connectivity index (χ0n) is 13.6. The van der Waals surface area contributed by atoms with E-state index in [1.807, 2.05) is 0 Å². The third-order valence-corrected chi connectivity index (χ3v) is 5.84. The number of methoxy groups -OCH3 is 1. The normalized spacial score (nSPS) is 30.9. The molecule has 1 heterocycles. The molecule has 1 spiro atoms. The number of ether oxygens (including phenoxy) is 1. The van der Waals surface area contributed by atoms with Crippen LogP contribution in [-0.4, -0.2) is 43.2 Å². The maximum atomic E-state index is 6.09. The summed E-state index contributed by atoms with van der Waals surface area (Å²) in [7, 11) is 1.75. The molecule has 0 unspecified atom stereocenters. The molecule has 1 aliphatic carbocycles. The number of rotatable bonds is 5. The van der Waals surface area contributed by atoms with Crippen molar-refractivity contribution in [3.05, 3.63) is 0 Å². The highest BCUT2D eigenvalue weighted by molar-refractivity contribution is 5.81. The zero-order valence-corrected chi connectivity index (χ0v) is 13.6. The molecule has 1 saturated carbocycles. The predicted octanol–water partition coefficient (Wildman–Crippen LogP) is 2.63. The lowest BCUT2D eigenvalue weighted by molar-refractivity contribution is 0.0524. The van der Waals surface area contributed by atoms with Gasteiger partial charge in [-0.1, -0.05) is 27.2 Å². The van der Waals surface area contributed by atoms with Gasteiger partial charge in [0.05, 0.1) is 18.7 Å². The van der Waals surface area contributed by atoms with E-state index in [1.165, 1.54) is 32.1 Å². The summed E-state index contributed by atoms with van der Waals surface area (Å²) < 4.78 is 5.23. The largest absolute Gasteiger partial charge is 0.383 e. The summed E-state index contributed by atoms with van der Waals surface area (Å²) in [4.78, 5) is 6.83. The van der Waals surface area contributed by atoms with Gasteiger partial charge in [-0.3, -0.25) is 4.99 Å². The Labute approximate surface area is 123 Å². The van der Waals surface area contributed by atoms with Crippen LogP contribution in [0.5, 0.6) is 0 Å². The van der Waals surface area contributed by atoms with Crippen molar-refractivity contribution in [3.63, 3.8) is 0 Å². The molecule has 0 aromatic rings. The van der Waals surface area contributed by atoms with Gasteiger partial charge < -0.3 is 15.4 Å². The molecule has 0 amide bonds. The number of guanidine groups is 1. The Bertz CT molecular complexity index is 357. The summed E-state index contributed by atoms with van der Waals surface area (Å²) >= 11 is 0. The first-order chi connectivity index (χ1) is 9.45. The summed E-state index contributed by atoms with van der Waals surface area (Å²) in [5.74, 6) is 1.56. The van der Waals surface area contributed by atoms with Crippen molar-refractivity contribution in [1.29, 1.82) is 0 Å². The number of nitrogens with zero attached hydrogens (tertiary/aromatic N) is 2. The van der Waals surface area contributed by atoms with Crippen LogP contribution < -0.4 is 5.73 Å². The van der Waals surface area contributed by atoms with Crippen LogP contribution in [0.15, 0.2) is 4.99 Å². The van der Waals surface area contributed by atoms with Crippen molar-refractivity contribution >= 4 is 5.96 Å². The predicted molar refractivity (Wildman–Crippen MR) is 83.8 cm³/mol. The molecule has 2 rings (SSSR count). The van der Waals surface area contributed by atoms with Crippen LogP contribution in [0.2, 0.25) is 0 Å². The summed E-state index contributed by atoms with van der Waals surface area (Å²) in [5.41, 5.74) is 6.74. The molecule has 0 aromatic carbocycles. The van der Waals surface area contributed by atoms with E-state index < -0.39 is 0 Å². The second kappa shape index (κ2) is 5.92. The van der Waals surface area contributed by atoms with Crippen molar-refractivity contribution in [1.82, 2.24) is 4.90 Å². The van der Waals surface area contributed by atoms with Crippen LogP contribution in [0.1, 0.15) is 52.9 Å². The molecule has 20 heavy (non-hydrogen) atoms. The lowest BCUT2D eigenvalue weighted by atomic mass is 9.65. The molecule has 0 radical (unpaired) electrons. The number of hydrogen-bond donors (Lipinski definition) is 1. The fraction of sp³-hybridized carbons (Fsp3) is 0.938. The summed E-state index contributed by atoms with van der Waals surface area (Å²) in [6.45, 7) is 9.61. The van der Waals surface area contributed by atoms with Crippen LogP contribution in [0.4, 0.5) is 0 Å².